The van der Waals surface area contributed by atoms with Crippen LogP contribution in [-0.2, 0) is 4.79 Å². The smallest absolute Gasteiger partial charge is 0.139 e. The van der Waals surface area contributed by atoms with Crippen molar-refractivity contribution in [3.05, 3.63) is 0 Å². The van der Waals surface area contributed by atoms with Crippen LogP contribution in [0.1, 0.15) is 53.4 Å². The zero-order chi connectivity index (χ0) is 11.7. The highest BCUT2D eigenvalue weighted by Crippen LogP contribution is 2.72. The van der Waals surface area contributed by atoms with Crippen molar-refractivity contribution < 1.29 is 4.79 Å². The zero-order valence-corrected chi connectivity index (χ0v) is 11.0. The summed E-state index contributed by atoms with van der Waals surface area (Å²) < 4.78 is 0. The minimum atomic E-state index is 0.0343. The Kier molecular flexibility index (Phi) is 1.97. The monoisotopic (exact) mass is 220 g/mol. The van der Waals surface area contributed by atoms with Crippen molar-refractivity contribution in [3.63, 3.8) is 0 Å². The van der Waals surface area contributed by atoms with E-state index in [0.717, 1.165) is 37.0 Å². The maximum atomic E-state index is 12.3. The van der Waals surface area contributed by atoms with Crippen LogP contribution in [0, 0.1) is 34.5 Å². The first-order chi connectivity index (χ1) is 7.39. The summed E-state index contributed by atoms with van der Waals surface area (Å²) in [6.07, 6.45) is 4.43. The van der Waals surface area contributed by atoms with Gasteiger partial charge in [-0.15, -0.1) is 0 Å². The molecule has 1 heteroatoms. The van der Waals surface area contributed by atoms with Gasteiger partial charge in [-0.3, -0.25) is 4.79 Å². The predicted molar refractivity (Wildman–Crippen MR) is 65.0 cm³/mol. The van der Waals surface area contributed by atoms with Gasteiger partial charge in [0, 0.05) is 11.8 Å². The Balaban J connectivity index is 2.01. The molecular formula is C15H24O. The molecule has 3 aliphatic rings. The Bertz CT molecular complexity index is 343. The van der Waals surface area contributed by atoms with Crippen molar-refractivity contribution >= 4 is 5.78 Å². The highest BCUT2D eigenvalue weighted by Gasteiger charge is 2.68. The van der Waals surface area contributed by atoms with Gasteiger partial charge in [-0.2, -0.15) is 0 Å². The van der Waals surface area contributed by atoms with Crippen LogP contribution in [0.2, 0.25) is 0 Å². The summed E-state index contributed by atoms with van der Waals surface area (Å²) in [5, 5.41) is 0. The minimum absolute atomic E-state index is 0.0343. The second-order valence-electron chi connectivity index (χ2n) is 7.37. The second-order valence-corrected chi connectivity index (χ2v) is 7.37. The lowest BCUT2D eigenvalue weighted by Gasteiger charge is -2.32. The van der Waals surface area contributed by atoms with E-state index < -0.39 is 0 Å². The molecule has 0 aromatic heterocycles. The number of fused-ring (bicyclic) bond motifs is 3. The van der Waals surface area contributed by atoms with Crippen molar-refractivity contribution in [3.8, 4) is 0 Å². The molecule has 0 amide bonds. The third-order valence-electron chi connectivity index (χ3n) is 6.31. The van der Waals surface area contributed by atoms with E-state index in [0.29, 0.717) is 17.1 Å². The molecule has 3 aliphatic carbocycles. The summed E-state index contributed by atoms with van der Waals surface area (Å²) in [7, 11) is 0. The average Bonchev–Trinajstić information content (AvgIpc) is 2.64. The third kappa shape index (κ3) is 1.10. The van der Waals surface area contributed by atoms with E-state index in [2.05, 4.69) is 27.7 Å². The number of ketones is 1. The Morgan fingerprint density at radius 3 is 2.50 bits per heavy atom. The van der Waals surface area contributed by atoms with Crippen LogP contribution in [0.3, 0.4) is 0 Å². The Morgan fingerprint density at radius 2 is 1.81 bits per heavy atom. The number of carbonyl (C=O) groups is 1. The molecule has 90 valence electrons. The molecule has 3 fully saturated rings. The number of Topliss-reactive ketones (excluding diaryl/α,β-unsaturated/α-hetero) is 1. The zero-order valence-electron chi connectivity index (χ0n) is 11.0. The van der Waals surface area contributed by atoms with Gasteiger partial charge in [0.25, 0.3) is 0 Å². The third-order valence-corrected chi connectivity index (χ3v) is 6.31. The van der Waals surface area contributed by atoms with Crippen LogP contribution in [0.4, 0.5) is 0 Å². The maximum Gasteiger partial charge on any atom is 0.139 e. The lowest BCUT2D eigenvalue weighted by atomic mass is 9.70. The maximum absolute atomic E-state index is 12.3. The van der Waals surface area contributed by atoms with E-state index in [1.807, 2.05) is 0 Å². The van der Waals surface area contributed by atoms with E-state index in [1.54, 1.807) is 0 Å². The van der Waals surface area contributed by atoms with E-state index in [9.17, 15) is 4.79 Å². The van der Waals surface area contributed by atoms with Gasteiger partial charge >= 0.3 is 0 Å². The summed E-state index contributed by atoms with van der Waals surface area (Å²) in [6, 6.07) is 0. The molecule has 0 N–H and O–H groups in total. The molecule has 1 nitrogen and oxygen atoms in total. The molecule has 3 rings (SSSR count). The van der Waals surface area contributed by atoms with E-state index in [-0.39, 0.29) is 5.41 Å². The lowest BCUT2D eigenvalue weighted by molar-refractivity contribution is -0.130. The van der Waals surface area contributed by atoms with Crippen LogP contribution in [0.15, 0.2) is 0 Å². The standard InChI is InChI=1S/C15H24O/c1-9-7-8-15(4)11(16)6-5-10-13(12(9)15)14(10,2)3/h9-10,12-13H,5-8H2,1-4H3/t9-,10-,12+,13-,15-/m1/s1. The van der Waals surface area contributed by atoms with Crippen LogP contribution in [-0.4, -0.2) is 5.78 Å². The van der Waals surface area contributed by atoms with E-state index in [1.165, 1.54) is 6.42 Å². The molecule has 0 aromatic carbocycles. The minimum Gasteiger partial charge on any atom is -0.299 e. The van der Waals surface area contributed by atoms with Gasteiger partial charge in [0.15, 0.2) is 0 Å². The fourth-order valence-corrected chi connectivity index (χ4v) is 5.20. The normalized spacial score (nSPS) is 54.1. The van der Waals surface area contributed by atoms with Gasteiger partial charge in [-0.1, -0.05) is 27.7 Å². The Morgan fingerprint density at radius 1 is 1.12 bits per heavy atom. The van der Waals surface area contributed by atoms with Gasteiger partial charge in [0.1, 0.15) is 5.78 Å². The highest BCUT2D eigenvalue weighted by molar-refractivity contribution is 5.85. The van der Waals surface area contributed by atoms with Gasteiger partial charge in [-0.25, -0.2) is 0 Å². The van der Waals surface area contributed by atoms with Crippen LogP contribution < -0.4 is 0 Å². The first kappa shape index (κ1) is 10.8. The molecule has 0 aromatic rings. The van der Waals surface area contributed by atoms with Crippen LogP contribution >= 0.6 is 0 Å². The number of rotatable bonds is 0. The highest BCUT2D eigenvalue weighted by atomic mass is 16.1. The summed E-state index contributed by atoms with van der Waals surface area (Å²) in [5.74, 6) is 3.69. The van der Waals surface area contributed by atoms with Crippen molar-refractivity contribution in [2.75, 3.05) is 0 Å². The average molecular weight is 220 g/mol. The molecule has 16 heavy (non-hydrogen) atoms. The molecule has 0 saturated heterocycles. The first-order valence-electron chi connectivity index (χ1n) is 6.92. The fraction of sp³-hybridized carbons (Fsp3) is 0.933. The number of carbonyl (C=O) groups excluding carboxylic acids is 1. The Labute approximate surface area is 99.0 Å². The molecule has 0 unspecified atom stereocenters. The van der Waals surface area contributed by atoms with Crippen molar-refractivity contribution in [2.24, 2.45) is 34.5 Å². The SMILES string of the molecule is C[C@@H]1CC[C@]2(C)C(=O)CC[C@@H]3[C@H]([C@H]12)C3(C)C. The molecule has 0 radical (unpaired) electrons. The van der Waals surface area contributed by atoms with Crippen molar-refractivity contribution in [1.82, 2.24) is 0 Å². The molecule has 0 aliphatic heterocycles. The first-order valence-corrected chi connectivity index (χ1v) is 6.92. The van der Waals surface area contributed by atoms with Gasteiger partial charge < -0.3 is 0 Å². The molecule has 0 bridgehead atoms. The van der Waals surface area contributed by atoms with Crippen LogP contribution in [0.5, 0.6) is 0 Å². The number of hydrogen-bond donors (Lipinski definition) is 0. The summed E-state index contributed by atoms with van der Waals surface area (Å²) >= 11 is 0. The largest absolute Gasteiger partial charge is 0.299 e. The molecule has 5 atom stereocenters. The van der Waals surface area contributed by atoms with Gasteiger partial charge in [0.2, 0.25) is 0 Å². The van der Waals surface area contributed by atoms with E-state index >= 15 is 0 Å². The molecule has 0 spiro atoms. The summed E-state index contributed by atoms with van der Waals surface area (Å²) in [5.41, 5.74) is 0.553. The topological polar surface area (TPSA) is 17.1 Å². The predicted octanol–water partition coefficient (Wildman–Crippen LogP) is 3.67. The summed E-state index contributed by atoms with van der Waals surface area (Å²) in [4.78, 5) is 12.3. The quantitative estimate of drug-likeness (QED) is 0.608. The lowest BCUT2D eigenvalue weighted by Crippen LogP contribution is -2.34. The molecule has 0 heterocycles. The summed E-state index contributed by atoms with van der Waals surface area (Å²) in [6.45, 7) is 9.48. The second kappa shape index (κ2) is 2.91. The molecular weight excluding hydrogens is 196 g/mol. The van der Waals surface area contributed by atoms with E-state index in [4.69, 9.17) is 0 Å². The number of hydrogen-bond acceptors (Lipinski definition) is 1. The molecule has 3 saturated carbocycles. The fourth-order valence-electron chi connectivity index (χ4n) is 5.20. The van der Waals surface area contributed by atoms with Gasteiger partial charge in [-0.05, 0) is 48.3 Å². The van der Waals surface area contributed by atoms with Crippen molar-refractivity contribution in [1.29, 1.82) is 0 Å². The van der Waals surface area contributed by atoms with Crippen molar-refractivity contribution in [2.45, 2.75) is 53.4 Å². The van der Waals surface area contributed by atoms with Crippen LogP contribution in [0.25, 0.3) is 0 Å². The van der Waals surface area contributed by atoms with Gasteiger partial charge in [0.05, 0.1) is 0 Å². The Hall–Kier alpha value is -0.330.